The van der Waals surface area contributed by atoms with Crippen LogP contribution in [0.3, 0.4) is 0 Å². The van der Waals surface area contributed by atoms with Crippen LogP contribution in [0.15, 0.2) is 0 Å². The predicted octanol–water partition coefficient (Wildman–Crippen LogP) is -1.20. The van der Waals surface area contributed by atoms with Crippen molar-refractivity contribution in [2.75, 3.05) is 25.1 Å². The van der Waals surface area contributed by atoms with E-state index in [0.29, 0.717) is 12.8 Å². The Balaban J connectivity index is 2.51. The highest BCUT2D eigenvalue weighted by Gasteiger charge is 2.29. The Labute approximate surface area is 112 Å². The van der Waals surface area contributed by atoms with Gasteiger partial charge in [0.1, 0.15) is 0 Å². The van der Waals surface area contributed by atoms with Gasteiger partial charge in [0.05, 0.1) is 18.4 Å². The summed E-state index contributed by atoms with van der Waals surface area (Å²) in [6.07, 6.45) is 1.41. The van der Waals surface area contributed by atoms with E-state index in [0.717, 1.165) is 6.26 Å². The van der Waals surface area contributed by atoms with Gasteiger partial charge in [-0.3, -0.25) is 4.79 Å². The number of hydrogen-bond donors (Lipinski definition) is 2. The van der Waals surface area contributed by atoms with Crippen molar-refractivity contribution in [2.24, 2.45) is 0 Å². The van der Waals surface area contributed by atoms with Crippen molar-refractivity contribution in [1.82, 2.24) is 9.03 Å². The van der Waals surface area contributed by atoms with E-state index < -0.39 is 38.2 Å². The normalized spacial score (nSPS) is 19.4. The monoisotopic (exact) mass is 314 g/mol. The van der Waals surface area contributed by atoms with Gasteiger partial charge < -0.3 is 5.11 Å². The van der Waals surface area contributed by atoms with Crippen LogP contribution in [0, 0.1) is 0 Å². The molecule has 8 nitrogen and oxygen atoms in total. The lowest BCUT2D eigenvalue weighted by molar-refractivity contribution is -0.136. The minimum Gasteiger partial charge on any atom is -0.481 e. The van der Waals surface area contributed by atoms with E-state index in [9.17, 15) is 21.6 Å². The maximum Gasteiger partial charge on any atom is 0.304 e. The van der Waals surface area contributed by atoms with Crippen LogP contribution in [0.4, 0.5) is 0 Å². The lowest BCUT2D eigenvalue weighted by Crippen LogP contribution is -2.46. The molecule has 0 aliphatic carbocycles. The van der Waals surface area contributed by atoms with Crippen LogP contribution in [0.5, 0.6) is 0 Å². The second kappa shape index (κ2) is 6.16. The van der Waals surface area contributed by atoms with E-state index >= 15 is 0 Å². The van der Waals surface area contributed by atoms with E-state index in [-0.39, 0.29) is 19.1 Å². The Hall–Kier alpha value is -0.710. The summed E-state index contributed by atoms with van der Waals surface area (Å²) >= 11 is 0. The molecule has 1 saturated heterocycles. The number of carboxylic acids is 1. The Kier molecular flexibility index (Phi) is 5.30. The Morgan fingerprint density at radius 1 is 1.26 bits per heavy atom. The molecule has 0 saturated carbocycles. The van der Waals surface area contributed by atoms with Gasteiger partial charge in [-0.1, -0.05) is 0 Å². The average molecular weight is 314 g/mol. The fourth-order valence-corrected chi connectivity index (χ4v) is 4.20. The average Bonchev–Trinajstić information content (AvgIpc) is 2.25. The molecule has 1 aliphatic rings. The van der Waals surface area contributed by atoms with Crippen molar-refractivity contribution in [3.8, 4) is 0 Å². The summed E-state index contributed by atoms with van der Waals surface area (Å²) in [7, 11) is -6.86. The molecule has 0 amide bonds. The lowest BCUT2D eigenvalue weighted by Gasteiger charge is -2.31. The van der Waals surface area contributed by atoms with Crippen molar-refractivity contribution in [3.63, 3.8) is 0 Å². The van der Waals surface area contributed by atoms with Crippen molar-refractivity contribution in [2.45, 2.75) is 25.3 Å². The maximum absolute atomic E-state index is 11.8. The molecular formula is C9H18N2O6S2. The number of piperidine rings is 1. The van der Waals surface area contributed by atoms with Crippen LogP contribution >= 0.6 is 0 Å². The second-order valence-corrected chi connectivity index (χ2v) is 8.39. The number of sulfonamides is 2. The standard InChI is InChI=1S/C9H18N2O6S2/c1-18(14,15)10-8-2-5-11(6-3-8)19(16,17)7-4-9(12)13/h8,10H,2-7H2,1H3,(H,12,13). The summed E-state index contributed by atoms with van der Waals surface area (Å²) in [6.45, 7) is 0.407. The van der Waals surface area contributed by atoms with Gasteiger partial charge in [-0.05, 0) is 12.8 Å². The molecule has 2 N–H and O–H groups in total. The van der Waals surface area contributed by atoms with Crippen molar-refractivity contribution in [1.29, 1.82) is 0 Å². The van der Waals surface area contributed by atoms with Gasteiger partial charge in [0.15, 0.2) is 0 Å². The van der Waals surface area contributed by atoms with Crippen LogP contribution < -0.4 is 4.72 Å². The maximum atomic E-state index is 11.8. The Morgan fingerprint density at radius 2 is 1.79 bits per heavy atom. The number of aliphatic carboxylic acids is 1. The SMILES string of the molecule is CS(=O)(=O)NC1CCN(S(=O)(=O)CCC(=O)O)CC1. The minimum atomic E-state index is -3.57. The zero-order valence-corrected chi connectivity index (χ0v) is 12.2. The van der Waals surface area contributed by atoms with Gasteiger partial charge in [-0.15, -0.1) is 0 Å². The molecule has 0 bridgehead atoms. The van der Waals surface area contributed by atoms with E-state index in [1.165, 1.54) is 4.31 Å². The lowest BCUT2D eigenvalue weighted by atomic mass is 10.1. The molecular weight excluding hydrogens is 296 g/mol. The first kappa shape index (κ1) is 16.3. The van der Waals surface area contributed by atoms with Crippen LogP contribution in [-0.2, 0) is 24.8 Å². The Bertz CT molecular complexity index is 519. The highest BCUT2D eigenvalue weighted by atomic mass is 32.2. The van der Waals surface area contributed by atoms with Gasteiger partial charge in [-0.25, -0.2) is 25.9 Å². The zero-order chi connectivity index (χ0) is 14.7. The fourth-order valence-electron chi connectivity index (χ4n) is 1.90. The highest BCUT2D eigenvalue weighted by molar-refractivity contribution is 7.89. The minimum absolute atomic E-state index is 0.204. The molecule has 1 heterocycles. The zero-order valence-electron chi connectivity index (χ0n) is 10.6. The van der Waals surface area contributed by atoms with Crippen LogP contribution in [0.2, 0.25) is 0 Å². The molecule has 0 radical (unpaired) electrons. The third kappa shape index (κ3) is 5.85. The molecule has 0 atom stereocenters. The summed E-state index contributed by atoms with van der Waals surface area (Å²) in [5, 5.41) is 8.49. The fraction of sp³-hybridized carbons (Fsp3) is 0.889. The second-order valence-electron chi connectivity index (χ2n) is 4.52. The molecule has 10 heteroatoms. The smallest absolute Gasteiger partial charge is 0.304 e. The molecule has 0 spiro atoms. The van der Waals surface area contributed by atoms with E-state index in [1.54, 1.807) is 0 Å². The van der Waals surface area contributed by atoms with E-state index in [2.05, 4.69) is 4.72 Å². The third-order valence-corrected chi connectivity index (χ3v) is 5.44. The molecule has 1 aliphatic heterocycles. The number of nitrogens with one attached hydrogen (secondary N) is 1. The molecule has 112 valence electrons. The predicted molar refractivity (Wildman–Crippen MR) is 68.6 cm³/mol. The molecule has 1 fully saturated rings. The number of carboxylic acid groups (broad SMARTS) is 1. The number of rotatable bonds is 6. The third-order valence-electron chi connectivity index (χ3n) is 2.80. The van der Waals surface area contributed by atoms with Gasteiger partial charge in [0, 0.05) is 19.1 Å². The van der Waals surface area contributed by atoms with Crippen molar-refractivity contribution < 1.29 is 26.7 Å². The molecule has 0 aromatic heterocycles. The number of hydrogen-bond acceptors (Lipinski definition) is 5. The topological polar surface area (TPSA) is 121 Å². The van der Waals surface area contributed by atoms with Gasteiger partial charge in [0.2, 0.25) is 20.0 Å². The summed E-state index contributed by atoms with van der Waals surface area (Å²) in [5.41, 5.74) is 0. The van der Waals surface area contributed by atoms with Crippen molar-refractivity contribution in [3.05, 3.63) is 0 Å². The van der Waals surface area contributed by atoms with Gasteiger partial charge in [0.25, 0.3) is 0 Å². The van der Waals surface area contributed by atoms with Crippen LogP contribution in [-0.4, -0.2) is 63.4 Å². The number of nitrogens with zero attached hydrogens (tertiary/aromatic N) is 1. The summed E-state index contributed by atoms with van der Waals surface area (Å²) in [6, 6.07) is -0.263. The van der Waals surface area contributed by atoms with Crippen LogP contribution in [0.25, 0.3) is 0 Å². The number of carbonyl (C=O) groups is 1. The first-order valence-corrected chi connectivity index (χ1v) is 9.27. The summed E-state index contributed by atoms with van der Waals surface area (Å²) in [4.78, 5) is 10.4. The molecule has 0 unspecified atom stereocenters. The quantitative estimate of drug-likeness (QED) is 0.635. The molecule has 1 rings (SSSR count). The highest BCUT2D eigenvalue weighted by Crippen LogP contribution is 2.15. The molecule has 0 aromatic rings. The first-order valence-electron chi connectivity index (χ1n) is 5.77. The van der Waals surface area contributed by atoms with E-state index in [1.807, 2.05) is 0 Å². The summed E-state index contributed by atoms with van der Waals surface area (Å²) < 4.78 is 49.4. The van der Waals surface area contributed by atoms with E-state index in [4.69, 9.17) is 5.11 Å². The van der Waals surface area contributed by atoms with Gasteiger partial charge >= 0.3 is 5.97 Å². The van der Waals surface area contributed by atoms with Gasteiger partial charge in [-0.2, -0.15) is 0 Å². The van der Waals surface area contributed by atoms with Crippen molar-refractivity contribution >= 4 is 26.0 Å². The van der Waals surface area contributed by atoms with Crippen LogP contribution in [0.1, 0.15) is 19.3 Å². The molecule has 19 heavy (non-hydrogen) atoms. The Morgan fingerprint density at radius 3 is 2.21 bits per heavy atom. The largest absolute Gasteiger partial charge is 0.481 e. The summed E-state index contributed by atoms with van der Waals surface area (Å²) in [5.74, 6) is -1.58. The molecule has 0 aromatic carbocycles. The first-order chi connectivity index (χ1) is 8.60.